The third kappa shape index (κ3) is 2.89. The predicted octanol–water partition coefficient (Wildman–Crippen LogP) is 3.52. The van der Waals surface area contributed by atoms with E-state index in [1.165, 1.54) is 0 Å². The van der Waals surface area contributed by atoms with Crippen LogP contribution in [0.3, 0.4) is 0 Å². The minimum absolute atomic E-state index is 0.111. The first-order chi connectivity index (χ1) is 8.92. The van der Waals surface area contributed by atoms with Gasteiger partial charge in [0, 0.05) is 5.56 Å². The number of ether oxygens (including phenoxy) is 1. The molecule has 2 N–H and O–H groups in total. The van der Waals surface area contributed by atoms with Crippen molar-refractivity contribution in [3.63, 3.8) is 0 Å². The fourth-order valence-electron chi connectivity index (χ4n) is 2.10. The van der Waals surface area contributed by atoms with Crippen molar-refractivity contribution in [3.05, 3.63) is 30.0 Å². The van der Waals surface area contributed by atoms with Gasteiger partial charge in [0.15, 0.2) is 0 Å². The first-order valence-electron chi connectivity index (χ1n) is 6.30. The van der Waals surface area contributed by atoms with E-state index in [9.17, 15) is 0 Å². The normalized spacial score (nSPS) is 11.6. The van der Waals surface area contributed by atoms with Crippen LogP contribution in [0.2, 0.25) is 0 Å². The fourth-order valence-corrected chi connectivity index (χ4v) is 2.10. The number of hydrogen-bond donors (Lipinski definition) is 1. The molecule has 0 unspecified atom stereocenters. The number of anilines is 1. The molecule has 1 aromatic carbocycles. The summed E-state index contributed by atoms with van der Waals surface area (Å²) in [6.07, 6.45) is 0.793. The van der Waals surface area contributed by atoms with Crippen LogP contribution < -0.4 is 10.5 Å². The van der Waals surface area contributed by atoms with Crippen LogP contribution in [0.1, 0.15) is 26.5 Å². The van der Waals surface area contributed by atoms with Gasteiger partial charge in [-0.1, -0.05) is 44.1 Å². The van der Waals surface area contributed by atoms with Crippen molar-refractivity contribution in [2.24, 2.45) is 5.41 Å². The zero-order valence-electron chi connectivity index (χ0n) is 11.9. The molecule has 0 atom stereocenters. The zero-order chi connectivity index (χ0) is 14.0. The van der Waals surface area contributed by atoms with Crippen LogP contribution in [0.4, 0.5) is 5.88 Å². The Labute approximate surface area is 113 Å². The summed E-state index contributed by atoms with van der Waals surface area (Å²) in [6.45, 7) is 6.47. The van der Waals surface area contributed by atoms with Gasteiger partial charge in [-0.2, -0.15) is 0 Å². The summed E-state index contributed by atoms with van der Waals surface area (Å²) in [5, 5.41) is 4.10. The SMILES string of the molecule is COc1ccccc1-c1c(CC(C)(C)C)noc1N. The molecule has 2 rings (SSSR count). The second-order valence-electron chi connectivity index (χ2n) is 5.81. The molecule has 0 bridgehead atoms. The van der Waals surface area contributed by atoms with Crippen molar-refractivity contribution in [1.29, 1.82) is 0 Å². The lowest BCUT2D eigenvalue weighted by molar-refractivity contribution is 0.377. The largest absolute Gasteiger partial charge is 0.496 e. The molecule has 0 saturated heterocycles. The van der Waals surface area contributed by atoms with Crippen LogP contribution in [0.25, 0.3) is 11.1 Å². The molecule has 4 heteroatoms. The van der Waals surface area contributed by atoms with Gasteiger partial charge in [-0.15, -0.1) is 0 Å². The molecule has 2 aromatic rings. The summed E-state index contributed by atoms with van der Waals surface area (Å²) < 4.78 is 10.6. The van der Waals surface area contributed by atoms with Gasteiger partial charge < -0.3 is 15.0 Å². The third-order valence-corrected chi connectivity index (χ3v) is 2.86. The summed E-state index contributed by atoms with van der Waals surface area (Å²) in [6, 6.07) is 7.75. The number of methoxy groups -OCH3 is 1. The molecule has 0 saturated carbocycles. The van der Waals surface area contributed by atoms with Gasteiger partial charge in [-0.25, -0.2) is 0 Å². The molecule has 0 radical (unpaired) electrons. The van der Waals surface area contributed by atoms with Crippen LogP contribution in [0, 0.1) is 5.41 Å². The van der Waals surface area contributed by atoms with Crippen molar-refractivity contribution in [2.45, 2.75) is 27.2 Å². The van der Waals surface area contributed by atoms with Crippen molar-refractivity contribution in [2.75, 3.05) is 12.8 Å². The predicted molar refractivity (Wildman–Crippen MR) is 76.1 cm³/mol. The summed E-state index contributed by atoms with van der Waals surface area (Å²) in [7, 11) is 1.64. The molecule has 19 heavy (non-hydrogen) atoms. The Bertz CT molecular complexity index is 568. The maximum Gasteiger partial charge on any atom is 0.230 e. The molecule has 102 valence electrons. The highest BCUT2D eigenvalue weighted by molar-refractivity contribution is 5.79. The zero-order valence-corrected chi connectivity index (χ0v) is 11.9. The molecule has 0 aliphatic heterocycles. The van der Waals surface area contributed by atoms with Crippen LogP contribution in [-0.2, 0) is 6.42 Å². The number of para-hydroxylation sites is 1. The average Bonchev–Trinajstić information content (AvgIpc) is 2.68. The highest BCUT2D eigenvalue weighted by Crippen LogP contribution is 2.38. The second kappa shape index (κ2) is 4.96. The summed E-state index contributed by atoms with van der Waals surface area (Å²) in [5.41, 5.74) is 8.67. The van der Waals surface area contributed by atoms with Crippen LogP contribution >= 0.6 is 0 Å². The van der Waals surface area contributed by atoms with Gasteiger partial charge in [0.25, 0.3) is 0 Å². The van der Waals surface area contributed by atoms with E-state index in [-0.39, 0.29) is 5.41 Å². The van der Waals surface area contributed by atoms with Gasteiger partial charge in [-0.05, 0) is 17.9 Å². The lowest BCUT2D eigenvalue weighted by Gasteiger charge is -2.17. The minimum atomic E-state index is 0.111. The number of benzene rings is 1. The Hall–Kier alpha value is -1.97. The molecule has 4 nitrogen and oxygen atoms in total. The van der Waals surface area contributed by atoms with Crippen molar-refractivity contribution in [1.82, 2.24) is 5.16 Å². The fraction of sp³-hybridized carbons (Fsp3) is 0.400. The number of hydrogen-bond acceptors (Lipinski definition) is 4. The second-order valence-corrected chi connectivity index (χ2v) is 5.81. The van der Waals surface area contributed by atoms with E-state index in [2.05, 4.69) is 25.9 Å². The number of nitrogens with zero attached hydrogens (tertiary/aromatic N) is 1. The molecule has 0 aliphatic rings. The minimum Gasteiger partial charge on any atom is -0.496 e. The molecule has 0 fully saturated rings. The van der Waals surface area contributed by atoms with Crippen LogP contribution in [-0.4, -0.2) is 12.3 Å². The van der Waals surface area contributed by atoms with E-state index >= 15 is 0 Å². The monoisotopic (exact) mass is 260 g/mol. The van der Waals surface area contributed by atoms with Gasteiger partial charge >= 0.3 is 0 Å². The van der Waals surface area contributed by atoms with E-state index in [0.717, 1.165) is 29.0 Å². The van der Waals surface area contributed by atoms with E-state index in [1.54, 1.807) is 7.11 Å². The van der Waals surface area contributed by atoms with Crippen molar-refractivity contribution >= 4 is 5.88 Å². The van der Waals surface area contributed by atoms with Crippen LogP contribution in [0.5, 0.6) is 5.75 Å². The Morgan fingerprint density at radius 3 is 2.58 bits per heavy atom. The topological polar surface area (TPSA) is 61.3 Å². The Morgan fingerprint density at radius 1 is 1.26 bits per heavy atom. The van der Waals surface area contributed by atoms with E-state index in [0.29, 0.717) is 5.88 Å². The Morgan fingerprint density at radius 2 is 1.95 bits per heavy atom. The van der Waals surface area contributed by atoms with Gasteiger partial charge in [0.05, 0.1) is 18.4 Å². The summed E-state index contributed by atoms with van der Waals surface area (Å²) in [5.74, 6) is 1.11. The van der Waals surface area contributed by atoms with Crippen molar-refractivity contribution < 1.29 is 9.26 Å². The van der Waals surface area contributed by atoms with Gasteiger partial charge in [0.1, 0.15) is 5.75 Å². The van der Waals surface area contributed by atoms with E-state index in [4.69, 9.17) is 15.0 Å². The first-order valence-corrected chi connectivity index (χ1v) is 6.30. The molecule has 1 aromatic heterocycles. The maximum absolute atomic E-state index is 5.93. The number of nitrogen functional groups attached to an aromatic ring is 1. The third-order valence-electron chi connectivity index (χ3n) is 2.86. The van der Waals surface area contributed by atoms with Gasteiger partial charge in [-0.3, -0.25) is 0 Å². The summed E-state index contributed by atoms with van der Waals surface area (Å²) >= 11 is 0. The smallest absolute Gasteiger partial charge is 0.230 e. The highest BCUT2D eigenvalue weighted by atomic mass is 16.5. The molecule has 0 spiro atoms. The molecule has 0 aliphatic carbocycles. The standard InChI is InChI=1S/C15H20N2O2/c1-15(2,3)9-11-13(14(16)19-17-11)10-7-5-6-8-12(10)18-4/h5-8H,9,16H2,1-4H3. The lowest BCUT2D eigenvalue weighted by atomic mass is 9.88. The molecule has 0 amide bonds. The highest BCUT2D eigenvalue weighted by Gasteiger charge is 2.23. The van der Waals surface area contributed by atoms with E-state index in [1.807, 2.05) is 24.3 Å². The Balaban J connectivity index is 2.52. The van der Waals surface area contributed by atoms with Crippen molar-refractivity contribution in [3.8, 4) is 16.9 Å². The first kappa shape index (κ1) is 13.5. The summed E-state index contributed by atoms with van der Waals surface area (Å²) in [4.78, 5) is 0. The molecular weight excluding hydrogens is 240 g/mol. The van der Waals surface area contributed by atoms with Gasteiger partial charge in [0.2, 0.25) is 5.88 Å². The Kier molecular flexibility index (Phi) is 3.51. The number of nitrogens with two attached hydrogens (primary N) is 1. The quantitative estimate of drug-likeness (QED) is 0.917. The lowest BCUT2D eigenvalue weighted by Crippen LogP contribution is -2.10. The average molecular weight is 260 g/mol. The van der Waals surface area contributed by atoms with Crippen LogP contribution in [0.15, 0.2) is 28.8 Å². The van der Waals surface area contributed by atoms with E-state index < -0.39 is 0 Å². The molecule has 1 heterocycles. The number of aromatic nitrogens is 1. The number of rotatable bonds is 3. The maximum atomic E-state index is 5.93. The molecular formula is C15H20N2O2.